The lowest BCUT2D eigenvalue weighted by Crippen LogP contribution is -2.28. The fraction of sp³-hybridized carbons (Fsp3) is 0.118. The van der Waals surface area contributed by atoms with Crippen molar-refractivity contribution < 1.29 is 0 Å². The third-order valence-electron chi connectivity index (χ3n) is 11.6. The van der Waals surface area contributed by atoms with Crippen LogP contribution >= 0.6 is 0 Å². The fourth-order valence-corrected chi connectivity index (χ4v) is 9.00. The number of nitrogens with zero attached hydrogens (tertiary/aromatic N) is 3. The summed E-state index contributed by atoms with van der Waals surface area (Å²) in [6.45, 7) is 0. The van der Waals surface area contributed by atoms with Crippen LogP contribution in [0.4, 0.5) is 0 Å². The predicted molar refractivity (Wildman–Crippen MR) is 222 cm³/mol. The van der Waals surface area contributed by atoms with Gasteiger partial charge in [-0.25, -0.2) is 9.97 Å². The molecule has 3 nitrogen and oxygen atoms in total. The van der Waals surface area contributed by atoms with Crippen molar-refractivity contribution in [1.82, 2.24) is 15.0 Å². The summed E-state index contributed by atoms with van der Waals surface area (Å²) in [6, 6.07) is 59.0. The minimum absolute atomic E-state index is 0.106. The molecule has 0 N–H and O–H groups in total. The first-order valence-electron chi connectivity index (χ1n) is 19.1. The first-order chi connectivity index (χ1) is 26.7. The van der Waals surface area contributed by atoms with E-state index in [0.29, 0.717) is 5.82 Å². The van der Waals surface area contributed by atoms with E-state index < -0.39 is 0 Å². The van der Waals surface area contributed by atoms with Crippen LogP contribution in [0.5, 0.6) is 0 Å². The van der Waals surface area contributed by atoms with Gasteiger partial charge in [-0.15, -0.1) is 0 Å². The maximum Gasteiger partial charge on any atom is 0.160 e. The molecule has 2 heterocycles. The Kier molecular flexibility index (Phi) is 8.06. The summed E-state index contributed by atoms with van der Waals surface area (Å²) in [4.78, 5) is 14.4. The molecular weight excluding hydrogens is 655 g/mol. The number of hydrogen-bond donors (Lipinski definition) is 0. The maximum absolute atomic E-state index is 5.09. The molecule has 2 aliphatic rings. The summed E-state index contributed by atoms with van der Waals surface area (Å²) in [5.74, 6) is 0.712. The lowest BCUT2D eigenvalue weighted by Gasteiger charge is -2.37. The van der Waals surface area contributed by atoms with Gasteiger partial charge in [0, 0.05) is 34.5 Å². The van der Waals surface area contributed by atoms with Gasteiger partial charge in [-0.2, -0.15) is 0 Å². The van der Waals surface area contributed by atoms with Crippen molar-refractivity contribution in [2.24, 2.45) is 0 Å². The highest BCUT2D eigenvalue weighted by molar-refractivity contribution is 5.89. The highest BCUT2D eigenvalue weighted by atomic mass is 14.9. The topological polar surface area (TPSA) is 38.7 Å². The first kappa shape index (κ1) is 32.2. The Hall–Kier alpha value is -6.45. The molecule has 0 aliphatic heterocycles. The average molecular weight is 694 g/mol. The Labute approximate surface area is 317 Å². The molecule has 0 bridgehead atoms. The van der Waals surface area contributed by atoms with Crippen LogP contribution in [0.25, 0.3) is 78.4 Å². The molecule has 0 saturated heterocycles. The Balaban J connectivity index is 1.00. The second-order valence-corrected chi connectivity index (χ2v) is 14.7. The number of pyridine rings is 1. The molecule has 0 radical (unpaired) electrons. The second kappa shape index (κ2) is 13.5. The lowest BCUT2D eigenvalue weighted by molar-refractivity contribution is 0.353. The van der Waals surface area contributed by atoms with Crippen LogP contribution in [0.15, 0.2) is 176 Å². The van der Waals surface area contributed by atoms with Gasteiger partial charge < -0.3 is 0 Å². The molecule has 258 valence electrons. The summed E-state index contributed by atoms with van der Waals surface area (Å²) in [7, 11) is 0. The molecule has 6 aromatic carbocycles. The highest BCUT2D eigenvalue weighted by Crippen LogP contribution is 2.58. The summed E-state index contributed by atoms with van der Waals surface area (Å²) >= 11 is 0. The van der Waals surface area contributed by atoms with Gasteiger partial charge in [0.2, 0.25) is 0 Å². The molecule has 1 spiro atoms. The summed E-state index contributed by atoms with van der Waals surface area (Å²) in [5, 5.41) is 0. The average Bonchev–Trinajstić information content (AvgIpc) is 3.53. The van der Waals surface area contributed by atoms with E-state index in [1.165, 1.54) is 71.0 Å². The smallest absolute Gasteiger partial charge is 0.160 e. The molecule has 0 unspecified atom stereocenters. The van der Waals surface area contributed by atoms with Crippen LogP contribution in [0, 0.1) is 0 Å². The molecule has 2 aliphatic carbocycles. The molecule has 3 heteroatoms. The molecule has 1 fully saturated rings. The number of rotatable bonds is 6. The molecule has 54 heavy (non-hydrogen) atoms. The number of fused-ring (bicyclic) bond motifs is 5. The van der Waals surface area contributed by atoms with E-state index in [4.69, 9.17) is 9.97 Å². The Morgan fingerprint density at radius 2 is 0.963 bits per heavy atom. The molecule has 0 amide bonds. The van der Waals surface area contributed by atoms with Crippen LogP contribution in [-0.4, -0.2) is 15.0 Å². The van der Waals surface area contributed by atoms with Crippen molar-refractivity contribution in [2.75, 3.05) is 0 Å². The van der Waals surface area contributed by atoms with Gasteiger partial charge in [0.15, 0.2) is 5.82 Å². The van der Waals surface area contributed by atoms with E-state index in [-0.39, 0.29) is 5.41 Å². The molecule has 2 aromatic heterocycles. The Morgan fingerprint density at radius 3 is 1.69 bits per heavy atom. The van der Waals surface area contributed by atoms with Crippen molar-refractivity contribution in [3.63, 3.8) is 0 Å². The molecular formula is C51H39N3. The normalized spacial score (nSPS) is 14.1. The third kappa shape index (κ3) is 5.64. The van der Waals surface area contributed by atoms with Gasteiger partial charge in [-0.3, -0.25) is 4.98 Å². The summed E-state index contributed by atoms with van der Waals surface area (Å²) in [5.41, 5.74) is 18.2. The molecule has 8 aromatic rings. The zero-order valence-electron chi connectivity index (χ0n) is 30.1. The van der Waals surface area contributed by atoms with E-state index in [1.54, 1.807) is 11.8 Å². The SMILES string of the molecule is c1ccc(-c2nc(-c3ccc(-c4cccnc4)cc3)cc(-c3ccc(-c4cccc(-c5cccc6c5C5(CCCCC5)c5ccccc5-6)c4)cc3)n2)cc1. The Morgan fingerprint density at radius 1 is 0.389 bits per heavy atom. The summed E-state index contributed by atoms with van der Waals surface area (Å²) < 4.78 is 0. The van der Waals surface area contributed by atoms with Crippen molar-refractivity contribution in [2.45, 2.75) is 37.5 Å². The highest BCUT2D eigenvalue weighted by Gasteiger charge is 2.45. The van der Waals surface area contributed by atoms with Crippen LogP contribution in [0.1, 0.15) is 43.2 Å². The van der Waals surface area contributed by atoms with Crippen LogP contribution in [-0.2, 0) is 5.41 Å². The van der Waals surface area contributed by atoms with Gasteiger partial charge in [0.05, 0.1) is 11.4 Å². The molecule has 0 atom stereocenters. The van der Waals surface area contributed by atoms with Crippen molar-refractivity contribution in [3.8, 4) is 78.4 Å². The number of hydrogen-bond acceptors (Lipinski definition) is 3. The lowest BCUT2D eigenvalue weighted by atomic mass is 9.66. The Bertz CT molecular complexity index is 2600. The number of aromatic nitrogens is 3. The van der Waals surface area contributed by atoms with Gasteiger partial charge in [-0.1, -0.05) is 165 Å². The van der Waals surface area contributed by atoms with Gasteiger partial charge in [0.25, 0.3) is 0 Å². The van der Waals surface area contributed by atoms with E-state index in [2.05, 4.69) is 145 Å². The minimum atomic E-state index is 0.106. The van der Waals surface area contributed by atoms with Crippen molar-refractivity contribution in [3.05, 3.63) is 187 Å². The zero-order valence-corrected chi connectivity index (χ0v) is 30.1. The summed E-state index contributed by atoms with van der Waals surface area (Å²) in [6.07, 6.45) is 10.0. The first-order valence-corrected chi connectivity index (χ1v) is 19.1. The van der Waals surface area contributed by atoms with Gasteiger partial charge >= 0.3 is 0 Å². The standard InChI is InChI=1S/C51H39N3/c1-3-12-39(13-4-1)50-53-47(33-48(54-50)38-27-23-36(24-28-38)42-16-11-31-52-34-42)37-25-21-35(22-26-37)40-14-9-15-41(32-40)43-18-10-19-45-44-17-5-6-20-46(44)51(49(43)45)29-7-2-8-30-51/h1,3-6,9-28,31-34H,2,7-8,29-30H2. The molecule has 10 rings (SSSR count). The number of benzene rings is 6. The van der Waals surface area contributed by atoms with Gasteiger partial charge in [-0.05, 0) is 86.7 Å². The van der Waals surface area contributed by atoms with Crippen LogP contribution in [0.3, 0.4) is 0 Å². The van der Waals surface area contributed by atoms with E-state index in [0.717, 1.165) is 39.2 Å². The van der Waals surface area contributed by atoms with E-state index in [1.807, 2.05) is 30.5 Å². The maximum atomic E-state index is 5.09. The molecule has 1 saturated carbocycles. The largest absolute Gasteiger partial charge is 0.264 e. The predicted octanol–water partition coefficient (Wildman–Crippen LogP) is 13.1. The van der Waals surface area contributed by atoms with Gasteiger partial charge in [0.1, 0.15) is 0 Å². The monoisotopic (exact) mass is 693 g/mol. The minimum Gasteiger partial charge on any atom is -0.264 e. The van der Waals surface area contributed by atoms with Crippen molar-refractivity contribution in [1.29, 1.82) is 0 Å². The van der Waals surface area contributed by atoms with Crippen molar-refractivity contribution >= 4 is 0 Å². The van der Waals surface area contributed by atoms with Crippen LogP contribution < -0.4 is 0 Å². The second-order valence-electron chi connectivity index (χ2n) is 14.7. The van der Waals surface area contributed by atoms with E-state index in [9.17, 15) is 0 Å². The fourth-order valence-electron chi connectivity index (χ4n) is 9.00. The zero-order chi connectivity index (χ0) is 35.9. The third-order valence-corrected chi connectivity index (χ3v) is 11.6. The quantitative estimate of drug-likeness (QED) is 0.174. The van der Waals surface area contributed by atoms with E-state index >= 15 is 0 Å². The van der Waals surface area contributed by atoms with Crippen LogP contribution in [0.2, 0.25) is 0 Å².